The smallest absolute Gasteiger partial charge is 0.327 e. The van der Waals surface area contributed by atoms with Crippen molar-refractivity contribution >= 4 is 5.97 Å². The lowest BCUT2D eigenvalue weighted by Gasteiger charge is -2.07. The summed E-state index contributed by atoms with van der Waals surface area (Å²) in [7, 11) is 0. The summed E-state index contributed by atoms with van der Waals surface area (Å²) < 4.78 is 11.4. The summed E-state index contributed by atoms with van der Waals surface area (Å²) in [4.78, 5) is 19.3. The molecule has 1 heterocycles. The molecule has 0 atom stereocenters. The van der Waals surface area contributed by atoms with Crippen LogP contribution in [0.15, 0.2) is 48.8 Å². The highest BCUT2D eigenvalue weighted by Gasteiger charge is 2.03. The van der Waals surface area contributed by atoms with Gasteiger partial charge in [0, 0.05) is 24.9 Å². The molecule has 2 aromatic rings. The van der Waals surface area contributed by atoms with E-state index in [1.54, 1.807) is 18.5 Å². The first kappa shape index (κ1) is 26.5. The van der Waals surface area contributed by atoms with E-state index in [1.165, 1.54) is 30.9 Å². The average Bonchev–Trinajstić information content (AvgIpc) is 2.83. The molecule has 0 spiro atoms. The average molecular weight is 455 g/mol. The number of hydrogen-bond donors (Lipinski definition) is 1. The van der Waals surface area contributed by atoms with Crippen LogP contribution in [0.25, 0.3) is 11.4 Å². The molecule has 0 aliphatic heterocycles. The van der Waals surface area contributed by atoms with Crippen LogP contribution in [0.4, 0.5) is 0 Å². The predicted molar refractivity (Wildman–Crippen MR) is 131 cm³/mol. The molecule has 0 saturated carbocycles. The zero-order valence-corrected chi connectivity index (χ0v) is 19.9. The summed E-state index contributed by atoms with van der Waals surface area (Å²) in [5, 5.41) is 8.58. The molecule has 6 nitrogen and oxygen atoms in total. The molecular formula is C27H38N2O4. The van der Waals surface area contributed by atoms with Crippen LogP contribution in [0.3, 0.4) is 0 Å². The van der Waals surface area contributed by atoms with Gasteiger partial charge >= 0.3 is 5.97 Å². The Morgan fingerprint density at radius 3 is 2.30 bits per heavy atom. The number of rotatable bonds is 18. The molecule has 1 aromatic heterocycles. The summed E-state index contributed by atoms with van der Waals surface area (Å²) in [6, 6.07) is 8.28. The lowest BCUT2D eigenvalue weighted by atomic mass is 10.0. The highest BCUT2D eigenvalue weighted by molar-refractivity contribution is 5.79. The second-order valence-corrected chi connectivity index (χ2v) is 8.15. The van der Waals surface area contributed by atoms with Gasteiger partial charge in [-0.25, -0.2) is 14.8 Å². The number of carboxylic acid groups (broad SMARTS) is 1. The summed E-state index contributed by atoms with van der Waals surface area (Å²) >= 11 is 0. The molecule has 1 N–H and O–H groups in total. The van der Waals surface area contributed by atoms with Crippen molar-refractivity contribution in [2.45, 2.75) is 71.1 Å². The van der Waals surface area contributed by atoms with Crippen molar-refractivity contribution < 1.29 is 19.4 Å². The Hall–Kier alpha value is -2.73. The van der Waals surface area contributed by atoms with E-state index >= 15 is 0 Å². The number of aryl methyl sites for hydroxylation is 1. The Labute approximate surface area is 198 Å². The molecule has 6 heteroatoms. The van der Waals surface area contributed by atoms with E-state index in [9.17, 15) is 4.79 Å². The fraction of sp³-hybridized carbons (Fsp3) is 0.519. The third kappa shape index (κ3) is 12.2. The van der Waals surface area contributed by atoms with Gasteiger partial charge in [-0.15, -0.1) is 0 Å². The Morgan fingerprint density at radius 2 is 1.61 bits per heavy atom. The molecule has 1 aromatic carbocycles. The first-order chi connectivity index (χ1) is 16.2. The van der Waals surface area contributed by atoms with E-state index in [-0.39, 0.29) is 0 Å². The van der Waals surface area contributed by atoms with Crippen LogP contribution in [0.5, 0.6) is 5.75 Å². The number of carboxylic acids is 1. The van der Waals surface area contributed by atoms with Gasteiger partial charge in [-0.05, 0) is 50.5 Å². The molecular weight excluding hydrogens is 416 g/mol. The molecule has 0 aliphatic rings. The summed E-state index contributed by atoms with van der Waals surface area (Å²) in [5.74, 6) is 0.485. The van der Waals surface area contributed by atoms with E-state index < -0.39 is 5.97 Å². The topological polar surface area (TPSA) is 81.5 Å². The SMILES string of the molecule is CCCCCCOCCCCOc1cnc(-c2ccc(CCCC/C=C/C(=O)O)cc2)nc1. The Kier molecular flexibility index (Phi) is 13.5. The quantitative estimate of drug-likeness (QED) is 0.212. The van der Waals surface area contributed by atoms with Crippen LogP contribution < -0.4 is 4.74 Å². The van der Waals surface area contributed by atoms with Gasteiger partial charge in [0.05, 0.1) is 19.0 Å². The standard InChI is InChI=1S/C27H38N2O4/c1-2-3-4-9-18-32-19-10-11-20-33-25-21-28-27(29-22-25)24-16-14-23(15-17-24)12-7-5-6-8-13-26(30)31/h8,13-17,21-22H,2-7,9-12,18-20H2,1H3,(H,30,31)/b13-8+. The second-order valence-electron chi connectivity index (χ2n) is 8.15. The minimum Gasteiger partial charge on any atom is -0.490 e. The van der Waals surface area contributed by atoms with E-state index in [1.807, 2.05) is 12.1 Å². The molecule has 0 amide bonds. The summed E-state index contributed by atoms with van der Waals surface area (Å²) in [6.45, 7) is 4.52. The van der Waals surface area contributed by atoms with Gasteiger partial charge in [0.1, 0.15) is 0 Å². The number of allylic oxidation sites excluding steroid dienone is 1. The van der Waals surface area contributed by atoms with Gasteiger partial charge in [-0.3, -0.25) is 0 Å². The Morgan fingerprint density at radius 1 is 0.909 bits per heavy atom. The molecule has 0 saturated heterocycles. The Balaban J connectivity index is 1.61. The second kappa shape index (κ2) is 16.8. The zero-order valence-electron chi connectivity index (χ0n) is 19.9. The lowest BCUT2D eigenvalue weighted by Crippen LogP contribution is -2.02. The number of ether oxygens (including phenoxy) is 2. The van der Waals surface area contributed by atoms with Crippen molar-refractivity contribution in [1.82, 2.24) is 9.97 Å². The van der Waals surface area contributed by atoms with Crippen LogP contribution in [0.1, 0.15) is 70.3 Å². The molecule has 180 valence electrons. The molecule has 0 fully saturated rings. The highest BCUT2D eigenvalue weighted by atomic mass is 16.5. The molecule has 0 radical (unpaired) electrons. The van der Waals surface area contributed by atoms with E-state index in [0.717, 1.165) is 63.7 Å². The molecule has 0 aliphatic carbocycles. The minimum absolute atomic E-state index is 0.642. The van der Waals surface area contributed by atoms with E-state index in [0.29, 0.717) is 18.2 Å². The molecule has 2 rings (SSSR count). The van der Waals surface area contributed by atoms with E-state index in [4.69, 9.17) is 14.6 Å². The largest absolute Gasteiger partial charge is 0.490 e. The number of aliphatic carboxylic acids is 1. The number of hydrogen-bond acceptors (Lipinski definition) is 5. The van der Waals surface area contributed by atoms with Crippen molar-refractivity contribution in [2.75, 3.05) is 19.8 Å². The van der Waals surface area contributed by atoms with Crippen LogP contribution >= 0.6 is 0 Å². The Bertz CT molecular complexity index is 804. The monoisotopic (exact) mass is 454 g/mol. The maximum absolute atomic E-state index is 10.4. The fourth-order valence-corrected chi connectivity index (χ4v) is 3.36. The number of nitrogens with zero attached hydrogens (tertiary/aromatic N) is 2. The molecule has 33 heavy (non-hydrogen) atoms. The summed E-state index contributed by atoms with van der Waals surface area (Å²) in [6.07, 6.45) is 17.0. The third-order valence-corrected chi connectivity index (χ3v) is 5.28. The van der Waals surface area contributed by atoms with Crippen molar-refractivity contribution in [3.63, 3.8) is 0 Å². The highest BCUT2D eigenvalue weighted by Crippen LogP contribution is 2.18. The number of unbranched alkanes of at least 4 members (excludes halogenated alkanes) is 6. The molecule has 0 bridgehead atoms. The van der Waals surface area contributed by atoms with Gasteiger partial charge in [0.15, 0.2) is 11.6 Å². The molecule has 0 unspecified atom stereocenters. The van der Waals surface area contributed by atoms with Crippen molar-refractivity contribution in [1.29, 1.82) is 0 Å². The lowest BCUT2D eigenvalue weighted by molar-refractivity contribution is -0.131. The maximum Gasteiger partial charge on any atom is 0.327 e. The zero-order chi connectivity index (χ0) is 23.6. The van der Waals surface area contributed by atoms with Crippen LogP contribution in [0.2, 0.25) is 0 Å². The first-order valence-electron chi connectivity index (χ1n) is 12.2. The number of carbonyl (C=O) groups is 1. The number of aromatic nitrogens is 2. The number of benzene rings is 1. The van der Waals surface area contributed by atoms with Gasteiger partial charge in [0.2, 0.25) is 0 Å². The van der Waals surface area contributed by atoms with Gasteiger partial charge in [0.25, 0.3) is 0 Å². The third-order valence-electron chi connectivity index (χ3n) is 5.28. The minimum atomic E-state index is -0.888. The van der Waals surface area contributed by atoms with Gasteiger partial charge in [-0.2, -0.15) is 0 Å². The van der Waals surface area contributed by atoms with Crippen molar-refractivity contribution in [2.24, 2.45) is 0 Å². The van der Waals surface area contributed by atoms with Gasteiger partial charge in [-0.1, -0.05) is 56.5 Å². The van der Waals surface area contributed by atoms with Gasteiger partial charge < -0.3 is 14.6 Å². The fourth-order valence-electron chi connectivity index (χ4n) is 3.36. The van der Waals surface area contributed by atoms with E-state index in [2.05, 4.69) is 29.0 Å². The normalized spacial score (nSPS) is 11.2. The van der Waals surface area contributed by atoms with Crippen molar-refractivity contribution in [3.8, 4) is 17.1 Å². The first-order valence-corrected chi connectivity index (χ1v) is 12.2. The van der Waals surface area contributed by atoms with Crippen LogP contribution in [0, 0.1) is 0 Å². The predicted octanol–water partition coefficient (Wildman–Crippen LogP) is 6.25. The maximum atomic E-state index is 10.4. The van der Waals surface area contributed by atoms with Crippen molar-refractivity contribution in [3.05, 3.63) is 54.4 Å². The summed E-state index contributed by atoms with van der Waals surface area (Å²) in [5.41, 5.74) is 2.23. The van der Waals surface area contributed by atoms with Crippen LogP contribution in [-0.2, 0) is 16.0 Å². The van der Waals surface area contributed by atoms with Crippen LogP contribution in [-0.4, -0.2) is 40.9 Å².